The number of aliphatic hydroxyl groups excluding tert-OH is 2. The van der Waals surface area contributed by atoms with Crippen molar-refractivity contribution in [1.82, 2.24) is 0 Å². The third-order valence-electron chi connectivity index (χ3n) is 4.04. The van der Waals surface area contributed by atoms with Crippen LogP contribution in [0.3, 0.4) is 0 Å². The first-order valence-electron chi connectivity index (χ1n) is 7.74. The van der Waals surface area contributed by atoms with Crippen molar-refractivity contribution >= 4 is 34.8 Å². The maximum atomic E-state index is 12.6. The molecule has 0 saturated carbocycles. The van der Waals surface area contributed by atoms with Crippen LogP contribution >= 0.6 is 11.6 Å². The lowest BCUT2D eigenvalue weighted by atomic mass is 10.1. The topological polar surface area (TPSA) is 89.9 Å². The molecule has 0 aliphatic carbocycles. The molecular formula is C18H17ClN2O4. The largest absolute Gasteiger partial charge is 0.394 e. The minimum atomic E-state index is -0.860. The fraction of sp³-hybridized carbons (Fsp3) is 0.222. The summed E-state index contributed by atoms with van der Waals surface area (Å²) >= 11 is 5.93. The number of aryl methyl sites for hydroxylation is 1. The summed E-state index contributed by atoms with van der Waals surface area (Å²) in [6, 6.07) is 9.80. The molecule has 0 fully saturated rings. The molecule has 0 spiro atoms. The summed E-state index contributed by atoms with van der Waals surface area (Å²) in [7, 11) is 0. The second-order valence-corrected chi connectivity index (χ2v) is 6.29. The summed E-state index contributed by atoms with van der Waals surface area (Å²) in [6.07, 6.45) is -0.860. The van der Waals surface area contributed by atoms with Gasteiger partial charge in [-0.3, -0.25) is 9.59 Å². The van der Waals surface area contributed by atoms with Crippen LogP contribution in [-0.4, -0.2) is 41.3 Å². The number of nitrogens with one attached hydrogen (secondary N) is 1. The van der Waals surface area contributed by atoms with Crippen LogP contribution in [0.15, 0.2) is 36.4 Å². The molecule has 1 aliphatic rings. The highest BCUT2D eigenvalue weighted by Crippen LogP contribution is 2.33. The Kier molecular flexibility index (Phi) is 4.76. The van der Waals surface area contributed by atoms with Gasteiger partial charge in [0.2, 0.25) is 0 Å². The monoisotopic (exact) mass is 360 g/mol. The number of hydrogen-bond donors (Lipinski definition) is 3. The number of carbonyl (C=O) groups is 2. The highest BCUT2D eigenvalue weighted by atomic mass is 35.5. The van der Waals surface area contributed by atoms with Crippen molar-refractivity contribution in [3.8, 4) is 0 Å². The second kappa shape index (κ2) is 6.84. The van der Waals surface area contributed by atoms with Crippen molar-refractivity contribution in [2.24, 2.45) is 0 Å². The van der Waals surface area contributed by atoms with Crippen LogP contribution < -0.4 is 10.2 Å². The molecule has 0 aromatic heterocycles. The number of hydrogen-bond acceptors (Lipinski definition) is 5. The summed E-state index contributed by atoms with van der Waals surface area (Å²) in [5.41, 5.74) is 2.57. The molecule has 0 bridgehead atoms. The quantitative estimate of drug-likeness (QED) is 0.711. The van der Waals surface area contributed by atoms with E-state index >= 15 is 0 Å². The van der Waals surface area contributed by atoms with Gasteiger partial charge in [-0.15, -0.1) is 0 Å². The maximum Gasteiger partial charge on any atom is 0.266 e. The van der Waals surface area contributed by atoms with Gasteiger partial charge in [-0.2, -0.15) is 0 Å². The van der Waals surface area contributed by atoms with E-state index in [0.29, 0.717) is 27.5 Å². The normalized spacial score (nSPS) is 14.6. The predicted octanol–water partition coefficient (Wildman–Crippen LogP) is 2.21. The predicted molar refractivity (Wildman–Crippen MR) is 95.4 cm³/mol. The third kappa shape index (κ3) is 3.24. The Bertz CT molecular complexity index is 853. The van der Waals surface area contributed by atoms with Gasteiger partial charge in [-0.1, -0.05) is 11.6 Å². The molecule has 130 valence electrons. The van der Waals surface area contributed by atoms with E-state index in [4.69, 9.17) is 16.7 Å². The van der Waals surface area contributed by atoms with Gasteiger partial charge in [0.05, 0.1) is 29.5 Å². The Morgan fingerprint density at radius 1 is 1.12 bits per heavy atom. The minimum absolute atomic E-state index is 0.195. The molecular weight excluding hydrogens is 344 g/mol. The highest BCUT2D eigenvalue weighted by Gasteiger charge is 2.37. The average molecular weight is 361 g/mol. The van der Waals surface area contributed by atoms with Crippen LogP contribution in [0.2, 0.25) is 5.02 Å². The van der Waals surface area contributed by atoms with E-state index in [9.17, 15) is 14.7 Å². The molecule has 3 rings (SSSR count). The average Bonchev–Trinajstić information content (AvgIpc) is 2.83. The molecule has 25 heavy (non-hydrogen) atoms. The van der Waals surface area contributed by atoms with Gasteiger partial charge in [0.25, 0.3) is 11.8 Å². The van der Waals surface area contributed by atoms with Crippen molar-refractivity contribution in [1.29, 1.82) is 0 Å². The van der Waals surface area contributed by atoms with Gasteiger partial charge in [-0.05, 0) is 48.9 Å². The summed E-state index contributed by atoms with van der Waals surface area (Å²) in [5.74, 6) is -0.779. The van der Waals surface area contributed by atoms with Crippen LogP contribution in [0.5, 0.6) is 0 Å². The first-order chi connectivity index (χ1) is 11.9. The van der Waals surface area contributed by atoms with Gasteiger partial charge in [0.1, 0.15) is 0 Å². The van der Waals surface area contributed by atoms with E-state index in [1.807, 2.05) is 0 Å². The molecule has 2 aromatic rings. The van der Waals surface area contributed by atoms with E-state index in [1.54, 1.807) is 37.3 Å². The number of nitrogens with zero attached hydrogens (tertiary/aromatic N) is 1. The Balaban J connectivity index is 1.88. The number of amides is 2. The lowest BCUT2D eigenvalue weighted by Gasteiger charge is -2.18. The van der Waals surface area contributed by atoms with Gasteiger partial charge in [-0.25, -0.2) is 4.90 Å². The summed E-state index contributed by atoms with van der Waals surface area (Å²) < 4.78 is 0. The molecule has 0 saturated heterocycles. The number of benzene rings is 2. The lowest BCUT2D eigenvalue weighted by Crippen LogP contribution is -2.30. The Morgan fingerprint density at radius 2 is 1.84 bits per heavy atom. The van der Waals surface area contributed by atoms with Gasteiger partial charge >= 0.3 is 0 Å². The summed E-state index contributed by atoms with van der Waals surface area (Å²) in [5, 5.41) is 21.6. The van der Waals surface area contributed by atoms with Crippen molar-refractivity contribution < 1.29 is 19.8 Å². The third-order valence-corrected chi connectivity index (χ3v) is 4.27. The number of rotatable bonds is 5. The van der Waals surface area contributed by atoms with Crippen LogP contribution in [0.1, 0.15) is 26.3 Å². The first kappa shape index (κ1) is 17.4. The second-order valence-electron chi connectivity index (χ2n) is 5.85. The molecule has 1 heterocycles. The molecule has 7 heteroatoms. The number of imide groups is 1. The van der Waals surface area contributed by atoms with Gasteiger partial charge < -0.3 is 15.5 Å². The molecule has 0 radical (unpaired) electrons. The fourth-order valence-corrected chi connectivity index (χ4v) is 2.92. The standard InChI is InChI=1S/C18H17ClN2O4/c1-10-6-12(20-8-13(23)9-22)3-5-16(10)21-17(24)14-4-2-11(19)7-15(14)18(21)25/h2-7,13,20,22-23H,8-9H2,1H3. The molecule has 1 unspecified atom stereocenters. The lowest BCUT2D eigenvalue weighted by molar-refractivity contribution is 0.0926. The zero-order valence-corrected chi connectivity index (χ0v) is 14.2. The van der Waals surface area contributed by atoms with E-state index in [0.717, 1.165) is 10.5 Å². The van der Waals surface area contributed by atoms with Crippen molar-refractivity contribution in [2.75, 3.05) is 23.4 Å². The highest BCUT2D eigenvalue weighted by molar-refractivity contribution is 6.36. The Hall–Kier alpha value is -2.41. The van der Waals surface area contributed by atoms with Crippen molar-refractivity contribution in [2.45, 2.75) is 13.0 Å². The van der Waals surface area contributed by atoms with Crippen molar-refractivity contribution in [3.05, 3.63) is 58.1 Å². The SMILES string of the molecule is Cc1cc(NCC(O)CO)ccc1N1C(=O)c2ccc(Cl)cc2C1=O. The number of aliphatic hydroxyl groups is 2. The number of carbonyl (C=O) groups excluding carboxylic acids is 2. The molecule has 1 aliphatic heterocycles. The number of anilines is 2. The fourth-order valence-electron chi connectivity index (χ4n) is 2.75. The Labute approximate surface area is 149 Å². The summed E-state index contributed by atoms with van der Waals surface area (Å²) in [4.78, 5) is 26.4. The molecule has 2 amide bonds. The van der Waals surface area contributed by atoms with Crippen LogP contribution in [-0.2, 0) is 0 Å². The Morgan fingerprint density at radius 3 is 2.52 bits per heavy atom. The number of fused-ring (bicyclic) bond motifs is 1. The molecule has 6 nitrogen and oxygen atoms in total. The molecule has 2 aromatic carbocycles. The number of halogens is 1. The smallest absolute Gasteiger partial charge is 0.266 e. The molecule has 3 N–H and O–H groups in total. The summed E-state index contributed by atoms with van der Waals surface area (Å²) in [6.45, 7) is 1.65. The first-order valence-corrected chi connectivity index (χ1v) is 8.12. The van der Waals surface area contributed by atoms with E-state index < -0.39 is 12.0 Å². The minimum Gasteiger partial charge on any atom is -0.394 e. The van der Waals surface area contributed by atoms with Crippen molar-refractivity contribution in [3.63, 3.8) is 0 Å². The van der Waals surface area contributed by atoms with E-state index in [-0.39, 0.29) is 19.1 Å². The van der Waals surface area contributed by atoms with E-state index in [2.05, 4.69) is 5.32 Å². The van der Waals surface area contributed by atoms with Crippen LogP contribution in [0, 0.1) is 6.92 Å². The maximum absolute atomic E-state index is 12.6. The van der Waals surface area contributed by atoms with E-state index in [1.165, 1.54) is 6.07 Å². The van der Waals surface area contributed by atoms with Crippen LogP contribution in [0.25, 0.3) is 0 Å². The van der Waals surface area contributed by atoms with Crippen LogP contribution in [0.4, 0.5) is 11.4 Å². The van der Waals surface area contributed by atoms with Gasteiger partial charge in [0.15, 0.2) is 0 Å². The zero-order valence-electron chi connectivity index (χ0n) is 13.5. The van der Waals surface area contributed by atoms with Gasteiger partial charge in [0, 0.05) is 17.3 Å². The zero-order chi connectivity index (χ0) is 18.1. The molecule has 1 atom stereocenters.